The van der Waals surface area contributed by atoms with Crippen LogP contribution < -0.4 is 43.4 Å². The van der Waals surface area contributed by atoms with Gasteiger partial charge in [0, 0.05) is 25.6 Å². The number of anilines is 1. The Morgan fingerprint density at radius 2 is 1.69 bits per heavy atom. The minimum atomic E-state index is -1.17. The molecule has 2 aromatic heterocycles. The standard InChI is InChI=1S/C30H29N9O10/c31-23-15(24(32)43)10-16-25(36-23)38(13-4-5-13)30(48)37(27(16)45)11-20(41)33-8-9-34-21(42)12-49-18-3-1-2-14-22(18)29(47)39(28(14)46)17-6-7-19(40)35-26(17)44/h1-3,10,13,17H,4-9,11-12H2,(H2,31,36)(H2,32,43)(H,33,41)(H,34,42)(H,35,40,44). The number of carbonyl (C=O) groups is 7. The van der Waals surface area contributed by atoms with Gasteiger partial charge in [0.15, 0.2) is 12.3 Å². The summed E-state index contributed by atoms with van der Waals surface area (Å²) in [5.74, 6) is -5.35. The molecule has 6 rings (SSSR count). The average molecular weight is 676 g/mol. The number of nitrogens with zero attached hydrogens (tertiary/aromatic N) is 4. The van der Waals surface area contributed by atoms with Gasteiger partial charge in [0.1, 0.15) is 24.2 Å². The molecule has 7 N–H and O–H groups in total. The number of ether oxygens (including phenoxy) is 1. The van der Waals surface area contributed by atoms with Crippen LogP contribution in [0, 0.1) is 0 Å². The highest BCUT2D eigenvalue weighted by atomic mass is 16.5. The van der Waals surface area contributed by atoms with Gasteiger partial charge in [0.05, 0.1) is 22.1 Å². The van der Waals surface area contributed by atoms with E-state index < -0.39 is 71.8 Å². The topological polar surface area (TPSA) is 277 Å². The fraction of sp³-hybridized carbons (Fsp3) is 0.333. The summed E-state index contributed by atoms with van der Waals surface area (Å²) in [5.41, 5.74) is 9.18. The first kappa shape index (κ1) is 32.5. The molecular weight excluding hydrogens is 646 g/mol. The largest absolute Gasteiger partial charge is 0.483 e. The minimum Gasteiger partial charge on any atom is -0.483 e. The molecule has 0 spiro atoms. The highest BCUT2D eigenvalue weighted by Crippen LogP contribution is 2.35. The molecule has 7 amide bonds. The number of hydrogen-bond donors (Lipinski definition) is 5. The van der Waals surface area contributed by atoms with Gasteiger partial charge >= 0.3 is 5.69 Å². The Hall–Kier alpha value is -6.40. The third-order valence-corrected chi connectivity index (χ3v) is 8.21. The zero-order valence-electron chi connectivity index (χ0n) is 25.6. The van der Waals surface area contributed by atoms with E-state index in [1.165, 1.54) is 22.8 Å². The number of rotatable bonds is 11. The summed E-state index contributed by atoms with van der Waals surface area (Å²) in [6.45, 7) is -1.40. The second kappa shape index (κ2) is 12.7. The number of amides is 7. The van der Waals surface area contributed by atoms with Crippen molar-refractivity contribution in [2.75, 3.05) is 25.4 Å². The summed E-state index contributed by atoms with van der Waals surface area (Å²) in [6, 6.07) is 3.95. The number of piperidine rings is 1. The van der Waals surface area contributed by atoms with Gasteiger partial charge in [0.25, 0.3) is 29.2 Å². The average Bonchev–Trinajstić information content (AvgIpc) is 3.86. The molecule has 1 aliphatic carbocycles. The van der Waals surface area contributed by atoms with E-state index >= 15 is 0 Å². The number of nitrogens with one attached hydrogen (secondary N) is 3. The molecule has 1 aromatic carbocycles. The van der Waals surface area contributed by atoms with Gasteiger partial charge < -0.3 is 26.8 Å². The fourth-order valence-corrected chi connectivity index (χ4v) is 5.71. The van der Waals surface area contributed by atoms with Crippen molar-refractivity contribution >= 4 is 58.2 Å². The van der Waals surface area contributed by atoms with E-state index in [1.807, 2.05) is 0 Å². The molecule has 1 saturated heterocycles. The first-order valence-corrected chi connectivity index (χ1v) is 15.1. The highest BCUT2D eigenvalue weighted by molar-refractivity contribution is 6.24. The van der Waals surface area contributed by atoms with Gasteiger partial charge in [0.2, 0.25) is 17.7 Å². The van der Waals surface area contributed by atoms with Crippen molar-refractivity contribution in [3.05, 3.63) is 61.8 Å². The lowest BCUT2D eigenvalue weighted by Crippen LogP contribution is -2.54. The predicted molar refractivity (Wildman–Crippen MR) is 166 cm³/mol. The van der Waals surface area contributed by atoms with Crippen molar-refractivity contribution in [1.82, 2.24) is 35.0 Å². The lowest BCUT2D eigenvalue weighted by atomic mass is 10.0. The number of hydrogen-bond acceptors (Lipinski definition) is 12. The van der Waals surface area contributed by atoms with E-state index in [4.69, 9.17) is 16.2 Å². The molecule has 1 unspecified atom stereocenters. The Morgan fingerprint density at radius 3 is 2.37 bits per heavy atom. The van der Waals surface area contributed by atoms with E-state index in [-0.39, 0.29) is 71.3 Å². The lowest BCUT2D eigenvalue weighted by molar-refractivity contribution is -0.136. The van der Waals surface area contributed by atoms with E-state index in [9.17, 15) is 43.2 Å². The van der Waals surface area contributed by atoms with Crippen molar-refractivity contribution in [1.29, 1.82) is 0 Å². The van der Waals surface area contributed by atoms with Gasteiger partial charge in [-0.05, 0) is 37.5 Å². The molecular formula is C30H29N9O10. The van der Waals surface area contributed by atoms with Crippen molar-refractivity contribution in [3.8, 4) is 5.75 Å². The van der Waals surface area contributed by atoms with E-state index in [2.05, 4.69) is 20.9 Å². The van der Waals surface area contributed by atoms with E-state index in [1.54, 1.807) is 0 Å². The molecule has 19 nitrogen and oxygen atoms in total. The number of benzene rings is 1. The first-order valence-electron chi connectivity index (χ1n) is 15.1. The van der Waals surface area contributed by atoms with Crippen LogP contribution in [0.4, 0.5) is 5.82 Å². The van der Waals surface area contributed by atoms with Crippen LogP contribution in [0.3, 0.4) is 0 Å². The quantitative estimate of drug-likeness (QED) is 0.102. The Morgan fingerprint density at radius 1 is 0.980 bits per heavy atom. The summed E-state index contributed by atoms with van der Waals surface area (Å²) in [7, 11) is 0. The zero-order chi connectivity index (χ0) is 35.1. The number of imide groups is 2. The second-order valence-electron chi connectivity index (χ2n) is 11.5. The number of primary amides is 1. The number of aromatic nitrogens is 3. The van der Waals surface area contributed by atoms with Crippen LogP contribution in [0.5, 0.6) is 5.75 Å². The van der Waals surface area contributed by atoms with Crippen molar-refractivity contribution < 1.29 is 38.3 Å². The van der Waals surface area contributed by atoms with Crippen LogP contribution in [0.1, 0.15) is 62.8 Å². The smallest absolute Gasteiger partial charge is 0.333 e. The Balaban J connectivity index is 1.04. The number of carbonyl (C=O) groups excluding carboxylic acids is 7. The first-order chi connectivity index (χ1) is 23.4. The third kappa shape index (κ3) is 6.08. The number of fused-ring (bicyclic) bond motifs is 2. The highest BCUT2D eigenvalue weighted by Gasteiger charge is 2.46. The van der Waals surface area contributed by atoms with E-state index in [0.29, 0.717) is 12.8 Å². The van der Waals surface area contributed by atoms with E-state index in [0.717, 1.165) is 15.5 Å². The van der Waals surface area contributed by atoms with Gasteiger partial charge in [-0.1, -0.05) is 6.07 Å². The summed E-state index contributed by atoms with van der Waals surface area (Å²) < 4.78 is 7.51. The summed E-state index contributed by atoms with van der Waals surface area (Å²) in [6.07, 6.45) is 1.23. The number of pyridine rings is 1. The Labute approximate surface area is 274 Å². The molecule has 4 heterocycles. The van der Waals surface area contributed by atoms with Crippen LogP contribution in [0.2, 0.25) is 0 Å². The fourth-order valence-electron chi connectivity index (χ4n) is 5.71. The van der Waals surface area contributed by atoms with Crippen LogP contribution in [-0.2, 0) is 25.7 Å². The maximum Gasteiger partial charge on any atom is 0.333 e. The molecule has 1 atom stereocenters. The predicted octanol–water partition coefficient (Wildman–Crippen LogP) is -2.71. The third-order valence-electron chi connectivity index (χ3n) is 8.21. The normalized spacial score (nSPS) is 17.1. The van der Waals surface area contributed by atoms with Gasteiger partial charge in [-0.3, -0.25) is 57.7 Å². The Kier molecular flexibility index (Phi) is 8.41. The molecule has 0 radical (unpaired) electrons. The minimum absolute atomic E-state index is 0.00958. The second-order valence-corrected chi connectivity index (χ2v) is 11.5. The molecule has 3 aliphatic rings. The van der Waals surface area contributed by atoms with Gasteiger partial charge in [-0.25, -0.2) is 9.78 Å². The molecule has 254 valence electrons. The Bertz CT molecular complexity index is 2120. The molecule has 49 heavy (non-hydrogen) atoms. The van der Waals surface area contributed by atoms with Crippen LogP contribution in [0.15, 0.2) is 33.9 Å². The van der Waals surface area contributed by atoms with Crippen molar-refractivity contribution in [3.63, 3.8) is 0 Å². The molecule has 19 heteroatoms. The number of nitrogens with two attached hydrogens (primary N) is 2. The molecule has 2 aliphatic heterocycles. The molecule has 2 fully saturated rings. The van der Waals surface area contributed by atoms with Crippen LogP contribution in [0.25, 0.3) is 11.0 Å². The van der Waals surface area contributed by atoms with Gasteiger partial charge in [-0.2, -0.15) is 0 Å². The van der Waals surface area contributed by atoms with Crippen LogP contribution >= 0.6 is 0 Å². The molecule has 3 aromatic rings. The summed E-state index contributed by atoms with van der Waals surface area (Å²) in [4.78, 5) is 118. The summed E-state index contributed by atoms with van der Waals surface area (Å²) in [5, 5.41) is 7.02. The summed E-state index contributed by atoms with van der Waals surface area (Å²) >= 11 is 0. The van der Waals surface area contributed by atoms with Crippen LogP contribution in [-0.4, -0.2) is 86.1 Å². The van der Waals surface area contributed by atoms with Gasteiger partial charge in [-0.15, -0.1) is 0 Å². The monoisotopic (exact) mass is 675 g/mol. The SMILES string of the molecule is NC(=O)c1cc2c(=O)n(CC(=O)NCCNC(=O)COc3cccc4c3C(=O)N(C3CCC(=O)NC3=O)C4=O)c(=O)n(C3CC3)c2nc1N. The van der Waals surface area contributed by atoms with Crippen molar-refractivity contribution in [2.45, 2.75) is 44.3 Å². The molecule has 1 saturated carbocycles. The zero-order valence-corrected chi connectivity index (χ0v) is 25.6. The maximum atomic E-state index is 13.2. The van der Waals surface area contributed by atoms with Crippen molar-refractivity contribution in [2.24, 2.45) is 5.73 Å². The number of nitrogen functional groups attached to an aromatic ring is 1. The maximum absolute atomic E-state index is 13.2. The lowest BCUT2D eigenvalue weighted by Gasteiger charge is -2.27. The molecule has 0 bridgehead atoms.